The van der Waals surface area contributed by atoms with Gasteiger partial charge in [0.25, 0.3) is 0 Å². The van der Waals surface area contributed by atoms with E-state index in [0.29, 0.717) is 18.0 Å². The molecule has 0 aliphatic carbocycles. The molecule has 14 heavy (non-hydrogen) atoms. The highest BCUT2D eigenvalue weighted by atomic mass is 16.5. The standard InChI is InChI=1S/C10H14N2O2/c1-4-8(11)9(12-3)6-7-10(13)14-5-2/h4,6-7H,1,3,5,11H2,2H3/b7-6+,9-8+. The second kappa shape index (κ2) is 6.65. The van der Waals surface area contributed by atoms with Gasteiger partial charge in [-0.3, -0.25) is 4.99 Å². The number of rotatable bonds is 5. The van der Waals surface area contributed by atoms with Crippen molar-refractivity contribution in [1.29, 1.82) is 0 Å². The van der Waals surface area contributed by atoms with Gasteiger partial charge < -0.3 is 10.5 Å². The van der Waals surface area contributed by atoms with Crippen molar-refractivity contribution in [1.82, 2.24) is 0 Å². The highest BCUT2D eigenvalue weighted by Crippen LogP contribution is 2.03. The maximum absolute atomic E-state index is 10.9. The molecule has 76 valence electrons. The topological polar surface area (TPSA) is 64.7 Å². The van der Waals surface area contributed by atoms with E-state index >= 15 is 0 Å². The van der Waals surface area contributed by atoms with E-state index in [0.717, 1.165) is 0 Å². The van der Waals surface area contributed by atoms with Gasteiger partial charge in [-0.1, -0.05) is 6.58 Å². The van der Waals surface area contributed by atoms with Crippen molar-refractivity contribution in [3.63, 3.8) is 0 Å². The van der Waals surface area contributed by atoms with E-state index in [2.05, 4.69) is 23.0 Å². The average molecular weight is 194 g/mol. The summed E-state index contributed by atoms with van der Waals surface area (Å²) in [7, 11) is 0. The minimum atomic E-state index is -0.439. The summed E-state index contributed by atoms with van der Waals surface area (Å²) in [6, 6.07) is 0. The third-order valence-electron chi connectivity index (χ3n) is 1.35. The summed E-state index contributed by atoms with van der Waals surface area (Å²) in [6.45, 7) is 8.85. The predicted molar refractivity (Wildman–Crippen MR) is 56.7 cm³/mol. The van der Waals surface area contributed by atoms with Crippen molar-refractivity contribution in [3.05, 3.63) is 36.2 Å². The lowest BCUT2D eigenvalue weighted by atomic mass is 10.3. The molecule has 0 unspecified atom stereocenters. The molecule has 4 heteroatoms. The van der Waals surface area contributed by atoms with Crippen LogP contribution < -0.4 is 5.73 Å². The van der Waals surface area contributed by atoms with Crippen LogP contribution in [0.15, 0.2) is 41.2 Å². The molecule has 0 saturated heterocycles. The fraction of sp³-hybridized carbons (Fsp3) is 0.200. The summed E-state index contributed by atoms with van der Waals surface area (Å²) in [5.41, 5.74) is 6.27. The number of hydrogen-bond acceptors (Lipinski definition) is 4. The van der Waals surface area contributed by atoms with Crippen molar-refractivity contribution >= 4 is 12.7 Å². The zero-order valence-corrected chi connectivity index (χ0v) is 8.19. The number of allylic oxidation sites excluding steroid dienone is 2. The number of carbonyl (C=O) groups excluding carboxylic acids is 1. The Bertz CT molecular complexity index is 290. The van der Waals surface area contributed by atoms with Crippen LogP contribution in [0, 0.1) is 0 Å². The highest BCUT2D eigenvalue weighted by Gasteiger charge is 1.96. The monoisotopic (exact) mass is 194 g/mol. The Labute approximate surface area is 83.5 Å². The molecule has 2 N–H and O–H groups in total. The molecular formula is C10H14N2O2. The largest absolute Gasteiger partial charge is 0.463 e. The maximum Gasteiger partial charge on any atom is 0.330 e. The van der Waals surface area contributed by atoms with Crippen LogP contribution in [0.3, 0.4) is 0 Å². The molecule has 0 spiro atoms. The third kappa shape index (κ3) is 4.25. The lowest BCUT2D eigenvalue weighted by molar-refractivity contribution is -0.137. The Morgan fingerprint density at radius 2 is 2.21 bits per heavy atom. The Hall–Kier alpha value is -1.84. The van der Waals surface area contributed by atoms with Crippen molar-refractivity contribution < 1.29 is 9.53 Å². The van der Waals surface area contributed by atoms with Gasteiger partial charge in [0.1, 0.15) is 0 Å². The van der Waals surface area contributed by atoms with E-state index in [1.54, 1.807) is 6.92 Å². The fourth-order valence-electron chi connectivity index (χ4n) is 0.682. The Morgan fingerprint density at radius 1 is 1.57 bits per heavy atom. The SMILES string of the molecule is C=C/C(N)=C(/C=C/C(=O)OCC)N=C. The van der Waals surface area contributed by atoms with Crippen LogP contribution in [-0.2, 0) is 9.53 Å². The van der Waals surface area contributed by atoms with Crippen LogP contribution in [0.1, 0.15) is 6.92 Å². The van der Waals surface area contributed by atoms with E-state index in [9.17, 15) is 4.79 Å². The van der Waals surface area contributed by atoms with Crippen LogP contribution in [-0.4, -0.2) is 19.3 Å². The van der Waals surface area contributed by atoms with Gasteiger partial charge in [0.2, 0.25) is 0 Å². The van der Waals surface area contributed by atoms with Gasteiger partial charge in [-0.05, 0) is 25.8 Å². The third-order valence-corrected chi connectivity index (χ3v) is 1.35. The lowest BCUT2D eigenvalue weighted by Gasteiger charge is -1.97. The van der Waals surface area contributed by atoms with Gasteiger partial charge in [0.15, 0.2) is 0 Å². The first-order valence-electron chi connectivity index (χ1n) is 4.09. The lowest BCUT2D eigenvalue weighted by Crippen LogP contribution is -2.00. The molecule has 0 aliphatic rings. The Balaban J connectivity index is 4.55. The van der Waals surface area contributed by atoms with Crippen LogP contribution in [0.25, 0.3) is 0 Å². The van der Waals surface area contributed by atoms with Crippen LogP contribution in [0.2, 0.25) is 0 Å². The molecule has 0 aromatic rings. The molecule has 0 rings (SSSR count). The van der Waals surface area contributed by atoms with Crippen molar-refractivity contribution in [2.45, 2.75) is 6.92 Å². The number of nitrogens with two attached hydrogens (primary N) is 1. The van der Waals surface area contributed by atoms with Crippen LogP contribution in [0.5, 0.6) is 0 Å². The molecule has 0 heterocycles. The maximum atomic E-state index is 10.9. The molecule has 4 nitrogen and oxygen atoms in total. The number of hydrogen-bond donors (Lipinski definition) is 1. The molecule has 0 radical (unpaired) electrons. The van der Waals surface area contributed by atoms with Gasteiger partial charge in [0.05, 0.1) is 18.0 Å². The summed E-state index contributed by atoms with van der Waals surface area (Å²) in [5.74, 6) is -0.439. The van der Waals surface area contributed by atoms with E-state index < -0.39 is 5.97 Å². The highest BCUT2D eigenvalue weighted by molar-refractivity contribution is 5.82. The fourth-order valence-corrected chi connectivity index (χ4v) is 0.682. The molecule has 0 amide bonds. The first-order valence-corrected chi connectivity index (χ1v) is 4.09. The van der Waals surface area contributed by atoms with Gasteiger partial charge in [-0.25, -0.2) is 4.79 Å². The minimum Gasteiger partial charge on any atom is -0.463 e. The van der Waals surface area contributed by atoms with Gasteiger partial charge >= 0.3 is 5.97 Å². The summed E-state index contributed by atoms with van der Waals surface area (Å²) in [5, 5.41) is 0. The van der Waals surface area contributed by atoms with Gasteiger partial charge in [0, 0.05) is 6.08 Å². The first kappa shape index (κ1) is 12.2. The molecule has 0 fully saturated rings. The first-order chi connectivity index (χ1) is 6.65. The summed E-state index contributed by atoms with van der Waals surface area (Å²) < 4.78 is 4.67. The summed E-state index contributed by atoms with van der Waals surface area (Å²) in [4.78, 5) is 14.5. The second-order valence-electron chi connectivity index (χ2n) is 2.29. The number of nitrogens with zero attached hydrogens (tertiary/aromatic N) is 1. The molecule has 0 aliphatic heterocycles. The Morgan fingerprint density at radius 3 is 2.64 bits per heavy atom. The normalized spacial score (nSPS) is 12.1. The van der Waals surface area contributed by atoms with Crippen LogP contribution in [0.4, 0.5) is 0 Å². The number of ether oxygens (including phenoxy) is 1. The van der Waals surface area contributed by atoms with Gasteiger partial charge in [-0.15, -0.1) is 0 Å². The molecule has 0 bridgehead atoms. The van der Waals surface area contributed by atoms with Crippen molar-refractivity contribution in [2.24, 2.45) is 10.7 Å². The van der Waals surface area contributed by atoms with Crippen LogP contribution >= 0.6 is 0 Å². The van der Waals surface area contributed by atoms with E-state index in [1.807, 2.05) is 0 Å². The van der Waals surface area contributed by atoms with Gasteiger partial charge in [-0.2, -0.15) is 0 Å². The Kier molecular flexibility index (Phi) is 5.78. The molecule has 0 aromatic carbocycles. The zero-order chi connectivity index (χ0) is 11.0. The predicted octanol–water partition coefficient (Wildman–Crippen LogP) is 1.16. The molecular weight excluding hydrogens is 180 g/mol. The molecule has 0 aromatic heterocycles. The number of carbonyl (C=O) groups is 1. The number of esters is 1. The quantitative estimate of drug-likeness (QED) is 0.309. The molecule has 0 saturated carbocycles. The summed E-state index contributed by atoms with van der Waals surface area (Å²) >= 11 is 0. The minimum absolute atomic E-state index is 0.334. The smallest absolute Gasteiger partial charge is 0.330 e. The second-order valence-corrected chi connectivity index (χ2v) is 2.29. The van der Waals surface area contributed by atoms with E-state index in [4.69, 9.17) is 5.73 Å². The van der Waals surface area contributed by atoms with Crippen molar-refractivity contribution in [3.8, 4) is 0 Å². The molecule has 0 atom stereocenters. The average Bonchev–Trinajstić information content (AvgIpc) is 2.18. The zero-order valence-electron chi connectivity index (χ0n) is 8.19. The van der Waals surface area contributed by atoms with E-state index in [-0.39, 0.29) is 0 Å². The van der Waals surface area contributed by atoms with E-state index in [1.165, 1.54) is 18.2 Å². The number of aliphatic imine (C=N–C) groups is 1. The van der Waals surface area contributed by atoms with Crippen molar-refractivity contribution in [2.75, 3.05) is 6.61 Å². The summed E-state index contributed by atoms with van der Waals surface area (Å²) in [6.07, 6.45) is 4.10.